The molecule has 7 rings (SSSR count). The normalized spacial score (nSPS) is 28.3. The van der Waals surface area contributed by atoms with E-state index in [9.17, 15) is 9.18 Å². The molecule has 2 aromatic carbocycles. The number of rotatable bonds is 6. The molecule has 4 aliphatic rings. The molecule has 0 aliphatic heterocycles. The SMILES string of the molecule is O=C(NCCSc1c(-c2ccc(F)cc2)[nH]c2ccccc12)C12CC3CC(CC(C3)C1)C2. The van der Waals surface area contributed by atoms with Crippen LogP contribution in [0.1, 0.15) is 38.5 Å². The molecule has 0 radical (unpaired) electrons. The zero-order valence-electron chi connectivity index (χ0n) is 18.2. The second-order valence-electron chi connectivity index (χ2n) is 10.2. The van der Waals surface area contributed by atoms with Crippen molar-refractivity contribution in [2.24, 2.45) is 23.2 Å². The van der Waals surface area contributed by atoms with Gasteiger partial charge in [0, 0.05) is 33.5 Å². The van der Waals surface area contributed by atoms with Crippen LogP contribution in [0.25, 0.3) is 22.2 Å². The summed E-state index contributed by atoms with van der Waals surface area (Å²) in [6, 6.07) is 14.9. The highest BCUT2D eigenvalue weighted by atomic mass is 32.2. The number of carbonyl (C=O) groups is 1. The van der Waals surface area contributed by atoms with Crippen LogP contribution in [0.15, 0.2) is 53.4 Å². The van der Waals surface area contributed by atoms with Gasteiger partial charge in [-0.3, -0.25) is 4.79 Å². The maximum atomic E-state index is 13.4. The van der Waals surface area contributed by atoms with E-state index in [1.165, 1.54) is 36.8 Å². The first-order valence-electron chi connectivity index (χ1n) is 11.9. The van der Waals surface area contributed by atoms with Crippen LogP contribution in [0.5, 0.6) is 0 Å². The fourth-order valence-corrected chi connectivity index (χ4v) is 8.03. The average molecular weight is 449 g/mol. The number of amides is 1. The number of hydrogen-bond donors (Lipinski definition) is 2. The van der Waals surface area contributed by atoms with E-state index in [4.69, 9.17) is 0 Å². The van der Waals surface area contributed by atoms with Crippen LogP contribution < -0.4 is 5.32 Å². The van der Waals surface area contributed by atoms with Gasteiger partial charge in [0.1, 0.15) is 5.82 Å². The molecular weight excluding hydrogens is 419 g/mol. The number of carbonyl (C=O) groups excluding carboxylic acids is 1. The van der Waals surface area contributed by atoms with Gasteiger partial charge in [-0.1, -0.05) is 18.2 Å². The number of aromatic nitrogens is 1. The minimum Gasteiger partial charge on any atom is -0.355 e. The molecule has 4 bridgehead atoms. The maximum Gasteiger partial charge on any atom is 0.226 e. The minimum absolute atomic E-state index is 0.0839. The van der Waals surface area contributed by atoms with Gasteiger partial charge in [0.25, 0.3) is 0 Å². The topological polar surface area (TPSA) is 44.9 Å². The summed E-state index contributed by atoms with van der Waals surface area (Å²) >= 11 is 1.76. The van der Waals surface area contributed by atoms with Crippen LogP contribution in [-0.2, 0) is 4.79 Å². The molecule has 2 N–H and O–H groups in total. The summed E-state index contributed by atoms with van der Waals surface area (Å²) in [5.74, 6) is 3.23. The third-order valence-electron chi connectivity index (χ3n) is 7.95. The Morgan fingerprint density at radius 3 is 2.34 bits per heavy atom. The molecule has 4 saturated carbocycles. The van der Waals surface area contributed by atoms with E-state index in [1.54, 1.807) is 11.8 Å². The largest absolute Gasteiger partial charge is 0.355 e. The Kier molecular flexibility index (Phi) is 5.05. The van der Waals surface area contributed by atoms with Crippen molar-refractivity contribution in [2.45, 2.75) is 43.4 Å². The first-order chi connectivity index (χ1) is 15.6. The van der Waals surface area contributed by atoms with Crippen molar-refractivity contribution in [2.75, 3.05) is 12.3 Å². The summed E-state index contributed by atoms with van der Waals surface area (Å²) in [5, 5.41) is 4.47. The lowest BCUT2D eigenvalue weighted by molar-refractivity contribution is -0.146. The Morgan fingerprint density at radius 2 is 1.66 bits per heavy atom. The van der Waals surface area contributed by atoms with Gasteiger partial charge < -0.3 is 10.3 Å². The van der Waals surface area contributed by atoms with E-state index in [2.05, 4.69) is 22.4 Å². The highest BCUT2D eigenvalue weighted by Crippen LogP contribution is 2.60. The molecule has 1 aromatic heterocycles. The Labute approximate surface area is 192 Å². The monoisotopic (exact) mass is 448 g/mol. The lowest BCUT2D eigenvalue weighted by atomic mass is 9.49. The van der Waals surface area contributed by atoms with Gasteiger partial charge >= 0.3 is 0 Å². The summed E-state index contributed by atoms with van der Waals surface area (Å²) in [6.45, 7) is 0.674. The van der Waals surface area contributed by atoms with Crippen LogP contribution >= 0.6 is 11.8 Å². The third kappa shape index (κ3) is 3.55. The molecule has 4 fully saturated rings. The second kappa shape index (κ2) is 7.95. The molecule has 4 aliphatic carbocycles. The van der Waals surface area contributed by atoms with E-state index in [1.807, 2.05) is 24.3 Å². The second-order valence-corrected chi connectivity index (χ2v) is 11.3. The molecule has 0 saturated heterocycles. The van der Waals surface area contributed by atoms with Crippen molar-refractivity contribution >= 4 is 28.6 Å². The number of benzene rings is 2. The smallest absolute Gasteiger partial charge is 0.226 e. The molecule has 0 atom stereocenters. The molecule has 3 aromatic rings. The molecule has 1 heterocycles. The molecule has 3 nitrogen and oxygen atoms in total. The van der Waals surface area contributed by atoms with E-state index >= 15 is 0 Å². The van der Waals surface area contributed by atoms with Gasteiger partial charge in [-0.25, -0.2) is 4.39 Å². The fraction of sp³-hybridized carbons (Fsp3) is 0.444. The van der Waals surface area contributed by atoms with Crippen LogP contribution in [0.4, 0.5) is 4.39 Å². The summed E-state index contributed by atoms with van der Waals surface area (Å²) in [5.41, 5.74) is 2.98. The molecule has 0 unspecified atom stereocenters. The summed E-state index contributed by atoms with van der Waals surface area (Å²) in [7, 11) is 0. The zero-order valence-corrected chi connectivity index (χ0v) is 19.0. The lowest BCUT2D eigenvalue weighted by Gasteiger charge is -2.55. The van der Waals surface area contributed by atoms with Gasteiger partial charge in [-0.05, 0) is 92.2 Å². The van der Waals surface area contributed by atoms with Gasteiger partial charge in [0.15, 0.2) is 0 Å². The molecule has 5 heteroatoms. The van der Waals surface area contributed by atoms with Gasteiger partial charge in [-0.2, -0.15) is 0 Å². The minimum atomic E-state index is -0.230. The quantitative estimate of drug-likeness (QED) is 0.339. The lowest BCUT2D eigenvalue weighted by Crippen LogP contribution is -2.53. The highest BCUT2D eigenvalue weighted by molar-refractivity contribution is 7.99. The Hall–Kier alpha value is -2.27. The number of halogens is 1. The number of hydrogen-bond acceptors (Lipinski definition) is 2. The van der Waals surface area contributed by atoms with Crippen LogP contribution in [0.2, 0.25) is 0 Å². The Balaban J connectivity index is 1.15. The molecular formula is C27H29FN2OS. The highest BCUT2D eigenvalue weighted by Gasteiger charge is 2.54. The standard InChI is InChI=1S/C27H29FN2OS/c28-21-7-5-20(6-8-21)24-25(22-3-1-2-4-23(22)30-24)32-10-9-29-26(31)27-14-17-11-18(15-27)13-19(12-17)16-27/h1-8,17-19,30H,9-16H2,(H,29,31). The fourth-order valence-electron chi connectivity index (χ4n) is 6.98. The first-order valence-corrected chi connectivity index (χ1v) is 12.9. The van der Waals surface area contributed by atoms with E-state index in [-0.39, 0.29) is 11.2 Å². The number of fused-ring (bicyclic) bond motifs is 1. The number of thioether (sulfide) groups is 1. The van der Waals surface area contributed by atoms with Crippen molar-refractivity contribution in [1.29, 1.82) is 0 Å². The Morgan fingerprint density at radius 1 is 1.00 bits per heavy atom. The average Bonchev–Trinajstić information content (AvgIpc) is 3.15. The molecule has 166 valence electrons. The van der Waals surface area contributed by atoms with Gasteiger partial charge in [0.05, 0.1) is 5.69 Å². The number of para-hydroxylation sites is 1. The van der Waals surface area contributed by atoms with Crippen molar-refractivity contribution < 1.29 is 9.18 Å². The summed E-state index contributed by atoms with van der Waals surface area (Å²) < 4.78 is 13.4. The van der Waals surface area contributed by atoms with Gasteiger partial charge in [-0.15, -0.1) is 11.8 Å². The zero-order chi connectivity index (χ0) is 21.7. The van der Waals surface area contributed by atoms with Crippen molar-refractivity contribution in [3.8, 4) is 11.3 Å². The number of nitrogens with one attached hydrogen (secondary N) is 2. The Bertz CT molecular complexity index is 1120. The van der Waals surface area contributed by atoms with E-state index in [0.29, 0.717) is 12.5 Å². The molecule has 0 spiro atoms. The predicted octanol–water partition coefficient (Wildman–Crippen LogP) is 6.40. The van der Waals surface area contributed by atoms with Crippen LogP contribution in [-0.4, -0.2) is 23.2 Å². The summed E-state index contributed by atoms with van der Waals surface area (Å²) in [6.07, 6.45) is 7.39. The van der Waals surface area contributed by atoms with E-state index in [0.717, 1.165) is 64.4 Å². The predicted molar refractivity (Wildman–Crippen MR) is 128 cm³/mol. The van der Waals surface area contributed by atoms with Gasteiger partial charge in [0.2, 0.25) is 5.91 Å². The third-order valence-corrected chi connectivity index (χ3v) is 9.07. The maximum absolute atomic E-state index is 13.4. The molecule has 1 amide bonds. The number of aromatic amines is 1. The van der Waals surface area contributed by atoms with Crippen LogP contribution in [0, 0.1) is 29.0 Å². The van der Waals surface area contributed by atoms with Crippen molar-refractivity contribution in [3.05, 3.63) is 54.3 Å². The van der Waals surface area contributed by atoms with Crippen molar-refractivity contribution in [3.63, 3.8) is 0 Å². The molecule has 32 heavy (non-hydrogen) atoms. The van der Waals surface area contributed by atoms with Crippen LogP contribution in [0.3, 0.4) is 0 Å². The van der Waals surface area contributed by atoms with E-state index < -0.39 is 0 Å². The number of H-pyrrole nitrogens is 1. The first kappa shape index (κ1) is 20.3. The van der Waals surface area contributed by atoms with Crippen molar-refractivity contribution in [1.82, 2.24) is 10.3 Å². The summed E-state index contributed by atoms with van der Waals surface area (Å²) in [4.78, 5) is 17.9.